The van der Waals surface area contributed by atoms with Crippen molar-refractivity contribution in [2.24, 2.45) is 0 Å². The molecule has 5 heteroatoms. The Labute approximate surface area is 114 Å². The molecular weight excluding hydrogens is 294 g/mol. The van der Waals surface area contributed by atoms with Crippen molar-refractivity contribution in [3.63, 3.8) is 0 Å². The summed E-state index contributed by atoms with van der Waals surface area (Å²) in [7, 11) is 0. The molecule has 18 heavy (non-hydrogen) atoms. The number of hydrogen-bond acceptors (Lipinski definition) is 3. The van der Waals surface area contributed by atoms with Gasteiger partial charge in [0.25, 0.3) is 5.56 Å². The first-order valence-corrected chi connectivity index (χ1v) is 6.43. The van der Waals surface area contributed by atoms with E-state index in [4.69, 9.17) is 0 Å². The fourth-order valence-electron chi connectivity index (χ4n) is 1.63. The van der Waals surface area contributed by atoms with E-state index in [0.29, 0.717) is 10.3 Å². The first kappa shape index (κ1) is 12.8. The number of aromatic nitrogens is 2. The van der Waals surface area contributed by atoms with Gasteiger partial charge in [-0.25, -0.2) is 4.98 Å². The van der Waals surface area contributed by atoms with Crippen LogP contribution < -0.4 is 10.9 Å². The van der Waals surface area contributed by atoms with Crippen molar-refractivity contribution in [1.82, 2.24) is 9.97 Å². The van der Waals surface area contributed by atoms with Crippen molar-refractivity contribution < 1.29 is 0 Å². The van der Waals surface area contributed by atoms with Gasteiger partial charge in [-0.05, 0) is 35.3 Å². The fourth-order valence-corrected chi connectivity index (χ4v) is 1.96. The molecule has 0 aliphatic heterocycles. The normalized spacial score (nSPS) is 12.2. The predicted molar refractivity (Wildman–Crippen MR) is 75.8 cm³/mol. The maximum Gasteiger partial charge on any atom is 0.267 e. The van der Waals surface area contributed by atoms with Crippen LogP contribution in [0, 0.1) is 6.92 Å². The third-order valence-electron chi connectivity index (χ3n) is 2.73. The Morgan fingerprint density at radius 2 is 2.00 bits per heavy atom. The van der Waals surface area contributed by atoms with Gasteiger partial charge in [-0.3, -0.25) is 4.79 Å². The van der Waals surface area contributed by atoms with E-state index in [0.717, 1.165) is 5.56 Å². The summed E-state index contributed by atoms with van der Waals surface area (Å²) in [6.45, 7) is 4.08. The largest absolute Gasteiger partial charge is 0.362 e. The van der Waals surface area contributed by atoms with E-state index >= 15 is 0 Å². The van der Waals surface area contributed by atoms with Gasteiger partial charge in [0.1, 0.15) is 10.3 Å². The number of halogens is 1. The second kappa shape index (κ2) is 5.35. The second-order valence-corrected chi connectivity index (χ2v) is 4.96. The zero-order chi connectivity index (χ0) is 13.1. The van der Waals surface area contributed by atoms with Crippen LogP contribution in [-0.2, 0) is 0 Å². The molecule has 0 spiro atoms. The number of benzene rings is 1. The lowest BCUT2D eigenvalue weighted by atomic mass is 10.1. The van der Waals surface area contributed by atoms with Gasteiger partial charge < -0.3 is 10.3 Å². The van der Waals surface area contributed by atoms with E-state index in [-0.39, 0.29) is 11.6 Å². The van der Waals surface area contributed by atoms with Gasteiger partial charge in [0.15, 0.2) is 0 Å². The Hall–Kier alpha value is -1.62. The van der Waals surface area contributed by atoms with Crippen LogP contribution in [0.2, 0.25) is 0 Å². The van der Waals surface area contributed by atoms with Crippen LogP contribution in [0.25, 0.3) is 0 Å². The zero-order valence-electron chi connectivity index (χ0n) is 10.2. The summed E-state index contributed by atoms with van der Waals surface area (Å²) < 4.78 is 0.420. The molecule has 0 saturated carbocycles. The lowest BCUT2D eigenvalue weighted by Crippen LogP contribution is -2.14. The van der Waals surface area contributed by atoms with Gasteiger partial charge in [0.2, 0.25) is 0 Å². The smallest absolute Gasteiger partial charge is 0.267 e. The minimum atomic E-state index is -0.191. The number of nitrogens with one attached hydrogen (secondary N) is 2. The molecule has 1 unspecified atom stereocenters. The lowest BCUT2D eigenvalue weighted by molar-refractivity contribution is 0.867. The minimum Gasteiger partial charge on any atom is -0.362 e. The van der Waals surface area contributed by atoms with E-state index in [1.807, 2.05) is 6.92 Å². The molecule has 2 N–H and O–H groups in total. The third kappa shape index (κ3) is 2.79. The molecule has 4 nitrogen and oxygen atoms in total. The Bertz CT molecular complexity index is 592. The van der Waals surface area contributed by atoms with E-state index in [9.17, 15) is 4.79 Å². The summed E-state index contributed by atoms with van der Waals surface area (Å²) in [6.07, 6.45) is 1.39. The Kier molecular flexibility index (Phi) is 3.81. The predicted octanol–water partition coefficient (Wildman–Crippen LogP) is 3.01. The molecule has 94 valence electrons. The van der Waals surface area contributed by atoms with Crippen LogP contribution in [0.5, 0.6) is 0 Å². The van der Waals surface area contributed by atoms with Crippen LogP contribution in [0.1, 0.15) is 24.1 Å². The summed E-state index contributed by atoms with van der Waals surface area (Å²) in [4.78, 5) is 18.0. The molecule has 0 fully saturated rings. The minimum absolute atomic E-state index is 0.0798. The van der Waals surface area contributed by atoms with Crippen molar-refractivity contribution in [3.05, 3.63) is 56.5 Å². The Morgan fingerprint density at radius 1 is 1.33 bits per heavy atom. The van der Waals surface area contributed by atoms with Gasteiger partial charge in [-0.1, -0.05) is 29.8 Å². The van der Waals surface area contributed by atoms with Gasteiger partial charge in [0, 0.05) is 6.04 Å². The first-order valence-electron chi connectivity index (χ1n) is 5.64. The summed E-state index contributed by atoms with van der Waals surface area (Å²) in [5.74, 6) is 0.548. The molecule has 1 aromatic carbocycles. The molecule has 1 heterocycles. The number of nitrogens with zero attached hydrogens (tertiary/aromatic N) is 1. The van der Waals surface area contributed by atoms with Crippen molar-refractivity contribution in [2.75, 3.05) is 5.32 Å². The maximum absolute atomic E-state index is 11.4. The highest BCUT2D eigenvalue weighted by Crippen LogP contribution is 2.21. The molecule has 0 bridgehead atoms. The monoisotopic (exact) mass is 307 g/mol. The number of anilines is 1. The summed E-state index contributed by atoms with van der Waals surface area (Å²) >= 11 is 3.22. The molecule has 2 rings (SSSR count). The summed E-state index contributed by atoms with van der Waals surface area (Å²) in [6, 6.07) is 8.33. The van der Waals surface area contributed by atoms with Crippen LogP contribution in [-0.4, -0.2) is 9.97 Å². The maximum atomic E-state index is 11.4. The van der Waals surface area contributed by atoms with Crippen LogP contribution in [0.4, 0.5) is 5.82 Å². The molecule has 0 saturated heterocycles. The molecule has 0 aliphatic carbocycles. The van der Waals surface area contributed by atoms with Gasteiger partial charge in [-0.15, -0.1) is 0 Å². The summed E-state index contributed by atoms with van der Waals surface area (Å²) in [5.41, 5.74) is 2.18. The highest BCUT2D eigenvalue weighted by Gasteiger charge is 2.10. The van der Waals surface area contributed by atoms with E-state index < -0.39 is 0 Å². The van der Waals surface area contributed by atoms with Crippen molar-refractivity contribution in [3.8, 4) is 0 Å². The molecule has 1 atom stereocenters. The Morgan fingerprint density at radius 3 is 2.67 bits per heavy atom. The topological polar surface area (TPSA) is 57.8 Å². The number of aryl methyl sites for hydroxylation is 1. The van der Waals surface area contributed by atoms with Crippen LogP contribution in [0.3, 0.4) is 0 Å². The number of hydrogen-bond donors (Lipinski definition) is 2. The van der Waals surface area contributed by atoms with Gasteiger partial charge in [-0.2, -0.15) is 0 Å². The molecule has 0 amide bonds. The number of aromatic amines is 1. The third-order valence-corrected chi connectivity index (χ3v) is 3.46. The fraction of sp³-hybridized carbons (Fsp3) is 0.231. The first-order chi connectivity index (χ1) is 8.58. The molecule has 0 radical (unpaired) electrons. The van der Waals surface area contributed by atoms with Gasteiger partial charge in [0.05, 0.1) is 6.33 Å². The quantitative estimate of drug-likeness (QED) is 0.916. The lowest BCUT2D eigenvalue weighted by Gasteiger charge is -2.15. The second-order valence-electron chi connectivity index (χ2n) is 4.17. The standard InChI is InChI=1S/C13H14BrN3O/c1-8-3-5-10(6-4-8)9(2)17-12-11(14)13(18)16-7-15-12/h3-7,9H,1-2H3,(H2,15,16,17,18). The average Bonchev–Trinajstić information content (AvgIpc) is 2.36. The number of H-pyrrole nitrogens is 1. The molecule has 0 aliphatic rings. The number of rotatable bonds is 3. The van der Waals surface area contributed by atoms with E-state index in [1.54, 1.807) is 0 Å². The molecule has 1 aromatic heterocycles. The highest BCUT2D eigenvalue weighted by molar-refractivity contribution is 9.10. The highest BCUT2D eigenvalue weighted by atomic mass is 79.9. The Balaban J connectivity index is 2.21. The van der Waals surface area contributed by atoms with Crippen molar-refractivity contribution in [2.45, 2.75) is 19.9 Å². The van der Waals surface area contributed by atoms with Crippen LogP contribution >= 0.6 is 15.9 Å². The zero-order valence-corrected chi connectivity index (χ0v) is 11.8. The SMILES string of the molecule is Cc1ccc(C(C)Nc2nc[nH]c(=O)c2Br)cc1. The van der Waals surface area contributed by atoms with Crippen LogP contribution in [0.15, 0.2) is 39.9 Å². The van der Waals surface area contributed by atoms with Gasteiger partial charge >= 0.3 is 0 Å². The average molecular weight is 308 g/mol. The molecular formula is C13H14BrN3O. The summed E-state index contributed by atoms with van der Waals surface area (Å²) in [5, 5.41) is 3.21. The van der Waals surface area contributed by atoms with Crippen molar-refractivity contribution >= 4 is 21.7 Å². The van der Waals surface area contributed by atoms with Crippen molar-refractivity contribution in [1.29, 1.82) is 0 Å². The van der Waals surface area contributed by atoms with E-state index in [1.165, 1.54) is 11.9 Å². The molecule has 2 aromatic rings. The van der Waals surface area contributed by atoms with E-state index in [2.05, 4.69) is 62.4 Å².